The highest BCUT2D eigenvalue weighted by molar-refractivity contribution is 7.13. The molecule has 8 heteroatoms. The lowest BCUT2D eigenvalue weighted by molar-refractivity contribution is 0.102. The number of hydrogen-bond acceptors (Lipinski definition) is 6. The van der Waals surface area contributed by atoms with Crippen molar-refractivity contribution in [3.05, 3.63) is 59.6 Å². The molecule has 2 N–H and O–H groups in total. The molecule has 0 unspecified atom stereocenters. The average Bonchev–Trinajstić information content (AvgIpc) is 3.37. The topological polar surface area (TPSA) is 96.7 Å². The molecule has 1 amide bonds. The van der Waals surface area contributed by atoms with E-state index in [4.69, 9.17) is 4.42 Å². The molecule has 0 saturated heterocycles. The summed E-state index contributed by atoms with van der Waals surface area (Å²) < 4.78 is 5.30. The summed E-state index contributed by atoms with van der Waals surface area (Å²) in [5.74, 6) is 0.800. The lowest BCUT2D eigenvalue weighted by Gasteiger charge is -2.01. The number of H-pyrrole nitrogens is 1. The van der Waals surface area contributed by atoms with Crippen molar-refractivity contribution in [2.45, 2.75) is 6.92 Å². The van der Waals surface area contributed by atoms with Crippen molar-refractivity contribution < 1.29 is 9.21 Å². The zero-order valence-corrected chi connectivity index (χ0v) is 14.0. The molecule has 0 aliphatic rings. The van der Waals surface area contributed by atoms with Gasteiger partial charge < -0.3 is 9.73 Å². The highest BCUT2D eigenvalue weighted by Crippen LogP contribution is 2.27. The Morgan fingerprint density at radius 3 is 2.88 bits per heavy atom. The van der Waals surface area contributed by atoms with Crippen molar-refractivity contribution in [2.24, 2.45) is 0 Å². The Labute approximate surface area is 146 Å². The minimum atomic E-state index is -0.315. The molecule has 4 rings (SSSR count). The van der Waals surface area contributed by atoms with Crippen LogP contribution in [-0.4, -0.2) is 26.1 Å². The third-order valence-electron chi connectivity index (χ3n) is 3.68. The first-order valence-electron chi connectivity index (χ1n) is 7.48. The van der Waals surface area contributed by atoms with Crippen LogP contribution in [0, 0.1) is 6.92 Å². The third kappa shape index (κ3) is 2.94. The van der Waals surface area contributed by atoms with E-state index in [0.717, 1.165) is 16.8 Å². The average molecular weight is 351 g/mol. The molecule has 0 atom stereocenters. The van der Waals surface area contributed by atoms with E-state index in [1.54, 1.807) is 36.2 Å². The van der Waals surface area contributed by atoms with Gasteiger partial charge in [0.1, 0.15) is 5.69 Å². The molecule has 4 aromatic rings. The number of nitrogens with zero attached hydrogens (tertiary/aromatic N) is 3. The molecule has 4 aromatic heterocycles. The molecule has 7 nitrogen and oxygen atoms in total. The van der Waals surface area contributed by atoms with Gasteiger partial charge in [-0.25, -0.2) is 4.98 Å². The van der Waals surface area contributed by atoms with Gasteiger partial charge in [0.05, 0.1) is 12.0 Å². The molecular weight excluding hydrogens is 338 g/mol. The Morgan fingerprint density at radius 1 is 1.28 bits per heavy atom. The van der Waals surface area contributed by atoms with Crippen LogP contribution in [0.1, 0.15) is 16.1 Å². The maximum Gasteiger partial charge on any atom is 0.276 e. The van der Waals surface area contributed by atoms with Gasteiger partial charge in [0, 0.05) is 28.9 Å². The van der Waals surface area contributed by atoms with Crippen LogP contribution in [0.3, 0.4) is 0 Å². The van der Waals surface area contributed by atoms with Crippen LogP contribution in [0.15, 0.2) is 52.7 Å². The Kier molecular flexibility index (Phi) is 3.87. The first-order valence-corrected chi connectivity index (χ1v) is 8.36. The van der Waals surface area contributed by atoms with E-state index in [1.807, 2.05) is 19.1 Å². The van der Waals surface area contributed by atoms with Crippen LogP contribution in [0.4, 0.5) is 5.82 Å². The number of carbonyl (C=O) groups excluding carboxylic acids is 1. The number of furan rings is 1. The van der Waals surface area contributed by atoms with E-state index in [9.17, 15) is 4.79 Å². The molecule has 0 aliphatic carbocycles. The van der Waals surface area contributed by atoms with E-state index >= 15 is 0 Å². The Morgan fingerprint density at radius 2 is 2.12 bits per heavy atom. The summed E-state index contributed by atoms with van der Waals surface area (Å²) in [5, 5.41) is 12.3. The SMILES string of the molecule is Cc1c(NC(=O)c2csc(-c3ccco3)n2)n[nH]c1-c1ccncc1. The van der Waals surface area contributed by atoms with Gasteiger partial charge in [-0.1, -0.05) is 0 Å². The van der Waals surface area contributed by atoms with E-state index in [2.05, 4.69) is 25.5 Å². The fourth-order valence-corrected chi connectivity index (χ4v) is 3.15. The largest absolute Gasteiger partial charge is 0.462 e. The van der Waals surface area contributed by atoms with Gasteiger partial charge in [0.2, 0.25) is 0 Å². The molecule has 0 radical (unpaired) electrons. The van der Waals surface area contributed by atoms with E-state index < -0.39 is 0 Å². The molecule has 0 aromatic carbocycles. The van der Waals surface area contributed by atoms with Gasteiger partial charge in [0.15, 0.2) is 16.6 Å². The molecule has 0 aliphatic heterocycles. The van der Waals surface area contributed by atoms with E-state index in [1.165, 1.54) is 11.3 Å². The molecule has 0 spiro atoms. The number of anilines is 1. The number of thiazole rings is 1. The zero-order valence-electron chi connectivity index (χ0n) is 13.2. The summed E-state index contributed by atoms with van der Waals surface area (Å²) in [6, 6.07) is 7.34. The second-order valence-corrected chi connectivity index (χ2v) is 6.14. The molecule has 0 bridgehead atoms. The highest BCUT2D eigenvalue weighted by atomic mass is 32.1. The summed E-state index contributed by atoms with van der Waals surface area (Å²) >= 11 is 1.35. The summed E-state index contributed by atoms with van der Waals surface area (Å²) in [4.78, 5) is 20.7. The van der Waals surface area contributed by atoms with Gasteiger partial charge in [-0.3, -0.25) is 14.9 Å². The predicted molar refractivity (Wildman–Crippen MR) is 94.3 cm³/mol. The standard InChI is InChI=1S/C17H13N5O2S/c1-10-14(11-4-6-18-7-5-11)21-22-15(10)20-16(23)12-9-25-17(19-12)13-3-2-8-24-13/h2-9H,1H3,(H2,20,21,22,23). The van der Waals surface area contributed by atoms with Crippen molar-refractivity contribution in [3.63, 3.8) is 0 Å². The van der Waals surface area contributed by atoms with Crippen LogP contribution >= 0.6 is 11.3 Å². The zero-order chi connectivity index (χ0) is 17.2. The minimum Gasteiger partial charge on any atom is -0.462 e. The van der Waals surface area contributed by atoms with Gasteiger partial charge in [0.25, 0.3) is 5.91 Å². The number of aromatic amines is 1. The van der Waals surface area contributed by atoms with E-state index in [0.29, 0.717) is 22.3 Å². The molecule has 124 valence electrons. The third-order valence-corrected chi connectivity index (χ3v) is 4.54. The van der Waals surface area contributed by atoms with Gasteiger partial charge in [-0.15, -0.1) is 11.3 Å². The van der Waals surface area contributed by atoms with Crippen LogP contribution in [0.2, 0.25) is 0 Å². The van der Waals surface area contributed by atoms with Crippen molar-refractivity contribution >= 4 is 23.1 Å². The van der Waals surface area contributed by atoms with Crippen molar-refractivity contribution in [2.75, 3.05) is 5.32 Å². The van der Waals surface area contributed by atoms with Crippen molar-refractivity contribution in [3.8, 4) is 22.0 Å². The van der Waals surface area contributed by atoms with Crippen molar-refractivity contribution in [1.82, 2.24) is 20.2 Å². The Balaban J connectivity index is 1.55. The lowest BCUT2D eigenvalue weighted by Crippen LogP contribution is -2.13. The van der Waals surface area contributed by atoms with E-state index in [-0.39, 0.29) is 5.91 Å². The molecule has 4 heterocycles. The van der Waals surface area contributed by atoms with Crippen molar-refractivity contribution in [1.29, 1.82) is 0 Å². The first kappa shape index (κ1) is 15.3. The fourth-order valence-electron chi connectivity index (χ4n) is 2.38. The summed E-state index contributed by atoms with van der Waals surface area (Å²) in [7, 11) is 0. The van der Waals surface area contributed by atoms with Gasteiger partial charge in [-0.05, 0) is 31.2 Å². The Bertz CT molecular complexity index is 1010. The van der Waals surface area contributed by atoms with Gasteiger partial charge in [-0.2, -0.15) is 5.10 Å². The smallest absolute Gasteiger partial charge is 0.276 e. The number of amides is 1. The van der Waals surface area contributed by atoms with Crippen LogP contribution in [-0.2, 0) is 0 Å². The second kappa shape index (κ2) is 6.33. The normalized spacial score (nSPS) is 10.8. The number of carbonyl (C=O) groups is 1. The number of rotatable bonds is 4. The number of hydrogen-bond donors (Lipinski definition) is 2. The summed E-state index contributed by atoms with van der Waals surface area (Å²) in [5.41, 5.74) is 2.96. The predicted octanol–water partition coefficient (Wildman–Crippen LogP) is 3.75. The summed E-state index contributed by atoms with van der Waals surface area (Å²) in [6.45, 7) is 1.89. The summed E-state index contributed by atoms with van der Waals surface area (Å²) in [6.07, 6.45) is 4.99. The molecule has 0 saturated carbocycles. The maximum atomic E-state index is 12.4. The van der Waals surface area contributed by atoms with Crippen LogP contribution in [0.5, 0.6) is 0 Å². The fraction of sp³-hybridized carbons (Fsp3) is 0.0588. The maximum absolute atomic E-state index is 12.4. The number of pyridine rings is 1. The molecular formula is C17H13N5O2S. The monoisotopic (exact) mass is 351 g/mol. The molecule has 25 heavy (non-hydrogen) atoms. The second-order valence-electron chi connectivity index (χ2n) is 5.28. The first-order chi connectivity index (χ1) is 12.2. The van der Waals surface area contributed by atoms with Crippen LogP contribution in [0.25, 0.3) is 22.0 Å². The van der Waals surface area contributed by atoms with Crippen LogP contribution < -0.4 is 5.32 Å². The number of nitrogens with one attached hydrogen (secondary N) is 2. The highest BCUT2D eigenvalue weighted by Gasteiger charge is 2.17. The number of aromatic nitrogens is 4. The van der Waals surface area contributed by atoms with Gasteiger partial charge >= 0.3 is 0 Å². The lowest BCUT2D eigenvalue weighted by atomic mass is 10.1. The molecule has 0 fully saturated rings. The minimum absolute atomic E-state index is 0.315. The quantitative estimate of drug-likeness (QED) is 0.584. The Hall–Kier alpha value is -3.26.